The molecule has 2 aromatic rings. The molecule has 0 saturated carbocycles. The molecule has 2 rings (SSSR count). The lowest BCUT2D eigenvalue weighted by Crippen LogP contribution is -2.29. The Hall–Kier alpha value is -2.76. The molecule has 0 spiro atoms. The predicted octanol–water partition coefficient (Wildman–Crippen LogP) is 2.43. The highest BCUT2D eigenvalue weighted by Gasteiger charge is 2.08. The van der Waals surface area contributed by atoms with Crippen molar-refractivity contribution in [2.75, 3.05) is 6.61 Å². The second-order valence-corrected chi connectivity index (χ2v) is 4.99. The minimum absolute atomic E-state index is 0.0300. The van der Waals surface area contributed by atoms with Crippen molar-refractivity contribution in [1.82, 2.24) is 10.3 Å². The molecular formula is C17H17FN2O3. The Morgan fingerprint density at radius 2 is 1.96 bits per heavy atom. The number of hydrogen-bond donors (Lipinski definition) is 1. The van der Waals surface area contributed by atoms with Gasteiger partial charge in [-0.2, -0.15) is 0 Å². The smallest absolute Gasteiger partial charge is 0.258 e. The van der Waals surface area contributed by atoms with Gasteiger partial charge in [0.2, 0.25) is 0 Å². The lowest BCUT2D eigenvalue weighted by Gasteiger charge is -2.09. The molecule has 0 unspecified atom stereocenters. The molecule has 0 saturated heterocycles. The Morgan fingerprint density at radius 1 is 1.22 bits per heavy atom. The highest BCUT2D eigenvalue weighted by atomic mass is 19.1. The van der Waals surface area contributed by atoms with E-state index in [9.17, 15) is 14.0 Å². The number of carbonyl (C=O) groups excluding carboxylic acids is 2. The highest BCUT2D eigenvalue weighted by molar-refractivity contribution is 5.95. The molecular weight excluding hydrogens is 299 g/mol. The van der Waals surface area contributed by atoms with E-state index in [4.69, 9.17) is 4.74 Å². The van der Waals surface area contributed by atoms with E-state index in [1.807, 2.05) is 0 Å². The van der Waals surface area contributed by atoms with Crippen molar-refractivity contribution < 1.29 is 18.7 Å². The van der Waals surface area contributed by atoms with Gasteiger partial charge in [-0.25, -0.2) is 4.39 Å². The predicted molar refractivity (Wildman–Crippen MR) is 82.7 cm³/mol. The molecule has 0 aliphatic rings. The first kappa shape index (κ1) is 16.6. The Bertz CT molecular complexity index is 732. The van der Waals surface area contributed by atoms with Gasteiger partial charge in [0.05, 0.1) is 12.2 Å². The van der Waals surface area contributed by atoms with Crippen molar-refractivity contribution in [3.63, 3.8) is 0 Å². The number of Topliss-reactive ketones (excluding diaryl/α,β-unsaturated/α-hetero) is 1. The summed E-state index contributed by atoms with van der Waals surface area (Å²) in [7, 11) is 0. The number of pyridine rings is 1. The van der Waals surface area contributed by atoms with E-state index < -0.39 is 5.82 Å². The number of para-hydroxylation sites is 1. The molecule has 1 amide bonds. The first-order chi connectivity index (χ1) is 11.0. The number of halogens is 1. The van der Waals surface area contributed by atoms with Crippen LogP contribution in [0, 0.1) is 12.7 Å². The summed E-state index contributed by atoms with van der Waals surface area (Å²) in [6, 6.07) is 9.24. The maximum absolute atomic E-state index is 13.3. The van der Waals surface area contributed by atoms with Crippen LogP contribution in [0.25, 0.3) is 0 Å². The van der Waals surface area contributed by atoms with Crippen molar-refractivity contribution in [1.29, 1.82) is 0 Å². The molecule has 1 N–H and O–H groups in total. The molecule has 0 bridgehead atoms. The van der Waals surface area contributed by atoms with Crippen LogP contribution in [0.5, 0.6) is 5.75 Å². The third kappa shape index (κ3) is 4.60. The van der Waals surface area contributed by atoms with E-state index in [0.29, 0.717) is 17.0 Å². The first-order valence-electron chi connectivity index (χ1n) is 7.09. The van der Waals surface area contributed by atoms with Crippen LogP contribution in [0.3, 0.4) is 0 Å². The summed E-state index contributed by atoms with van der Waals surface area (Å²) < 4.78 is 18.5. The maximum Gasteiger partial charge on any atom is 0.258 e. The largest absolute Gasteiger partial charge is 0.481 e. The van der Waals surface area contributed by atoms with Crippen LogP contribution in [0.1, 0.15) is 28.7 Å². The number of rotatable bonds is 6. The van der Waals surface area contributed by atoms with Gasteiger partial charge in [0, 0.05) is 11.3 Å². The zero-order valence-electron chi connectivity index (χ0n) is 12.9. The normalized spacial score (nSPS) is 10.2. The molecule has 0 fully saturated rings. The van der Waals surface area contributed by atoms with Crippen molar-refractivity contribution in [2.24, 2.45) is 0 Å². The SMILES string of the molecule is CC(=O)c1ccc(CNC(=O)COc2ccccc2F)nc1C. The molecule has 0 atom stereocenters. The summed E-state index contributed by atoms with van der Waals surface area (Å²) in [5, 5.41) is 2.63. The van der Waals surface area contributed by atoms with E-state index in [-0.39, 0.29) is 30.6 Å². The monoisotopic (exact) mass is 316 g/mol. The molecule has 23 heavy (non-hydrogen) atoms. The number of ketones is 1. The van der Waals surface area contributed by atoms with Gasteiger partial charge >= 0.3 is 0 Å². The minimum atomic E-state index is -0.516. The van der Waals surface area contributed by atoms with Gasteiger partial charge in [0.15, 0.2) is 24.0 Å². The minimum Gasteiger partial charge on any atom is -0.481 e. The molecule has 6 heteroatoms. The van der Waals surface area contributed by atoms with Crippen molar-refractivity contribution >= 4 is 11.7 Å². The van der Waals surface area contributed by atoms with Gasteiger partial charge in [0.1, 0.15) is 0 Å². The molecule has 1 heterocycles. The Balaban J connectivity index is 1.86. The number of ether oxygens (including phenoxy) is 1. The average molecular weight is 316 g/mol. The third-order valence-electron chi connectivity index (χ3n) is 3.18. The highest BCUT2D eigenvalue weighted by Crippen LogP contribution is 2.14. The Morgan fingerprint density at radius 3 is 2.61 bits per heavy atom. The first-order valence-corrected chi connectivity index (χ1v) is 7.09. The fourth-order valence-corrected chi connectivity index (χ4v) is 2.03. The molecule has 0 aliphatic carbocycles. The van der Waals surface area contributed by atoms with Crippen LogP contribution in [-0.2, 0) is 11.3 Å². The molecule has 120 valence electrons. The Labute approximate surface area is 133 Å². The van der Waals surface area contributed by atoms with Crippen molar-refractivity contribution in [3.8, 4) is 5.75 Å². The zero-order valence-corrected chi connectivity index (χ0v) is 12.9. The number of hydrogen-bond acceptors (Lipinski definition) is 4. The summed E-state index contributed by atoms with van der Waals surface area (Å²) in [4.78, 5) is 27.3. The van der Waals surface area contributed by atoms with Crippen LogP contribution in [0.4, 0.5) is 4.39 Å². The summed E-state index contributed by atoms with van der Waals surface area (Å²) in [5.41, 5.74) is 1.81. The fourth-order valence-electron chi connectivity index (χ4n) is 2.03. The number of carbonyl (C=O) groups is 2. The second kappa shape index (κ2) is 7.49. The van der Waals surface area contributed by atoms with E-state index in [1.54, 1.807) is 31.2 Å². The molecule has 5 nitrogen and oxygen atoms in total. The number of nitrogens with zero attached hydrogens (tertiary/aromatic N) is 1. The number of aryl methyl sites for hydroxylation is 1. The molecule has 0 radical (unpaired) electrons. The standard InChI is InChI=1S/C17H17FN2O3/c1-11-14(12(2)21)8-7-13(20-11)9-19-17(22)10-23-16-6-4-3-5-15(16)18/h3-8H,9-10H2,1-2H3,(H,19,22). The van der Waals surface area contributed by atoms with Gasteiger partial charge in [-0.05, 0) is 38.1 Å². The van der Waals surface area contributed by atoms with Gasteiger partial charge in [-0.15, -0.1) is 0 Å². The van der Waals surface area contributed by atoms with Gasteiger partial charge < -0.3 is 10.1 Å². The number of aromatic nitrogens is 1. The lowest BCUT2D eigenvalue weighted by atomic mass is 10.1. The number of benzene rings is 1. The summed E-state index contributed by atoms with van der Waals surface area (Å²) in [6.45, 7) is 3.14. The third-order valence-corrected chi connectivity index (χ3v) is 3.18. The fraction of sp³-hybridized carbons (Fsp3) is 0.235. The number of nitrogens with one attached hydrogen (secondary N) is 1. The van der Waals surface area contributed by atoms with E-state index >= 15 is 0 Å². The topological polar surface area (TPSA) is 68.3 Å². The molecule has 0 aliphatic heterocycles. The average Bonchev–Trinajstić information content (AvgIpc) is 2.52. The quantitative estimate of drug-likeness (QED) is 0.831. The van der Waals surface area contributed by atoms with Gasteiger partial charge in [-0.1, -0.05) is 12.1 Å². The van der Waals surface area contributed by atoms with Crippen LogP contribution < -0.4 is 10.1 Å². The van der Waals surface area contributed by atoms with Gasteiger partial charge in [0.25, 0.3) is 5.91 Å². The number of amides is 1. The Kier molecular flexibility index (Phi) is 5.41. The van der Waals surface area contributed by atoms with Crippen molar-refractivity contribution in [2.45, 2.75) is 20.4 Å². The molecule has 1 aromatic carbocycles. The zero-order chi connectivity index (χ0) is 16.8. The molecule has 1 aromatic heterocycles. The maximum atomic E-state index is 13.3. The van der Waals surface area contributed by atoms with Crippen LogP contribution in [-0.4, -0.2) is 23.3 Å². The van der Waals surface area contributed by atoms with Crippen LogP contribution in [0.2, 0.25) is 0 Å². The van der Waals surface area contributed by atoms with E-state index in [2.05, 4.69) is 10.3 Å². The summed E-state index contributed by atoms with van der Waals surface area (Å²) in [6.07, 6.45) is 0. The second-order valence-electron chi connectivity index (χ2n) is 4.99. The van der Waals surface area contributed by atoms with E-state index in [0.717, 1.165) is 0 Å². The van der Waals surface area contributed by atoms with Gasteiger partial charge in [-0.3, -0.25) is 14.6 Å². The summed E-state index contributed by atoms with van der Waals surface area (Å²) in [5.74, 6) is -0.924. The van der Waals surface area contributed by atoms with Crippen LogP contribution in [0.15, 0.2) is 36.4 Å². The van der Waals surface area contributed by atoms with Crippen LogP contribution >= 0.6 is 0 Å². The lowest BCUT2D eigenvalue weighted by molar-refractivity contribution is -0.123. The summed E-state index contributed by atoms with van der Waals surface area (Å²) >= 11 is 0. The van der Waals surface area contributed by atoms with E-state index in [1.165, 1.54) is 19.1 Å². The van der Waals surface area contributed by atoms with Crippen molar-refractivity contribution in [3.05, 3.63) is 59.2 Å².